The van der Waals surface area contributed by atoms with Gasteiger partial charge in [0.25, 0.3) is 0 Å². The summed E-state index contributed by atoms with van der Waals surface area (Å²) in [6.45, 7) is 2.12. The minimum absolute atomic E-state index is 0.0344. The van der Waals surface area contributed by atoms with Crippen LogP contribution in [0.25, 0.3) is 0 Å². The van der Waals surface area contributed by atoms with Gasteiger partial charge in [0.05, 0.1) is 12.8 Å². The quantitative estimate of drug-likeness (QED) is 0.651. The molecule has 19 heavy (non-hydrogen) atoms. The molecule has 0 aliphatic heterocycles. The molecule has 7 heteroatoms. The number of rotatable bonds is 6. The van der Waals surface area contributed by atoms with Crippen LogP contribution in [-0.4, -0.2) is 51.0 Å². The van der Waals surface area contributed by atoms with E-state index < -0.39 is 23.2 Å². The Morgan fingerprint density at radius 3 is 2.68 bits per heavy atom. The molecule has 0 aliphatic carbocycles. The molecular weight excluding hydrogens is 252 g/mol. The van der Waals surface area contributed by atoms with Crippen molar-refractivity contribution < 1.29 is 20.1 Å². The highest BCUT2D eigenvalue weighted by atomic mass is 16.4. The Morgan fingerprint density at radius 2 is 2.16 bits per heavy atom. The lowest BCUT2D eigenvalue weighted by Crippen LogP contribution is -2.27. The Labute approximate surface area is 110 Å². The average Bonchev–Trinajstić information content (AvgIpc) is 2.32. The van der Waals surface area contributed by atoms with Gasteiger partial charge in [-0.2, -0.15) is 0 Å². The standard InChI is InChI=1S/C12H18N2O5/c1-8(12(18)19)14-7-11(17)10(16)5-9(14)6-13(2)3-4-15/h5,7-8,15,17H,3-4,6H2,1-2H3,(H,18,19). The minimum atomic E-state index is -1.06. The van der Waals surface area contributed by atoms with Crippen molar-refractivity contribution >= 4 is 5.97 Å². The van der Waals surface area contributed by atoms with Crippen molar-refractivity contribution in [3.8, 4) is 5.75 Å². The molecule has 0 aliphatic rings. The lowest BCUT2D eigenvalue weighted by Gasteiger charge is -2.21. The predicted octanol–water partition coefficient (Wildman–Crippen LogP) is -0.376. The number of likely N-dealkylation sites (N-methyl/N-ethyl adjacent to an activating group) is 1. The second-order valence-electron chi connectivity index (χ2n) is 4.40. The summed E-state index contributed by atoms with van der Waals surface area (Å²) >= 11 is 0. The van der Waals surface area contributed by atoms with E-state index in [1.165, 1.54) is 17.6 Å². The fourth-order valence-electron chi connectivity index (χ4n) is 1.71. The third-order valence-electron chi connectivity index (χ3n) is 2.83. The Bertz CT molecular complexity index is 511. The maximum absolute atomic E-state index is 11.4. The number of carboxylic acids is 1. The Hall–Kier alpha value is -1.86. The third-order valence-corrected chi connectivity index (χ3v) is 2.83. The van der Waals surface area contributed by atoms with Crippen molar-refractivity contribution in [2.24, 2.45) is 0 Å². The van der Waals surface area contributed by atoms with Gasteiger partial charge in [0.1, 0.15) is 6.04 Å². The Kier molecular flexibility index (Phi) is 5.08. The highest BCUT2D eigenvalue weighted by Crippen LogP contribution is 2.14. The monoisotopic (exact) mass is 270 g/mol. The fraction of sp³-hybridized carbons (Fsp3) is 0.500. The zero-order valence-electron chi connectivity index (χ0n) is 10.9. The molecule has 0 saturated carbocycles. The van der Waals surface area contributed by atoms with E-state index in [1.807, 2.05) is 0 Å². The zero-order chi connectivity index (χ0) is 14.6. The summed E-state index contributed by atoms with van der Waals surface area (Å²) in [5.41, 5.74) is -0.0881. The number of carboxylic acid groups (broad SMARTS) is 1. The third kappa shape index (κ3) is 3.80. The van der Waals surface area contributed by atoms with Crippen molar-refractivity contribution in [2.75, 3.05) is 20.2 Å². The fourth-order valence-corrected chi connectivity index (χ4v) is 1.71. The van der Waals surface area contributed by atoms with Crippen LogP contribution >= 0.6 is 0 Å². The van der Waals surface area contributed by atoms with Gasteiger partial charge in [0.15, 0.2) is 5.75 Å². The molecule has 106 valence electrons. The number of aromatic nitrogens is 1. The molecule has 1 aromatic rings. The van der Waals surface area contributed by atoms with Gasteiger partial charge in [-0.15, -0.1) is 0 Å². The van der Waals surface area contributed by atoms with Crippen molar-refractivity contribution in [1.29, 1.82) is 0 Å². The maximum Gasteiger partial charge on any atom is 0.326 e. The minimum Gasteiger partial charge on any atom is -0.503 e. The molecule has 7 nitrogen and oxygen atoms in total. The smallest absolute Gasteiger partial charge is 0.326 e. The molecule has 0 aromatic carbocycles. The molecule has 0 spiro atoms. The molecule has 1 aromatic heterocycles. The number of aromatic hydroxyl groups is 1. The highest BCUT2D eigenvalue weighted by molar-refractivity contribution is 5.71. The van der Waals surface area contributed by atoms with Gasteiger partial charge in [-0.25, -0.2) is 4.79 Å². The van der Waals surface area contributed by atoms with Crippen LogP contribution in [0.3, 0.4) is 0 Å². The average molecular weight is 270 g/mol. The Balaban J connectivity index is 3.16. The van der Waals surface area contributed by atoms with Crippen molar-refractivity contribution in [3.05, 3.63) is 28.2 Å². The van der Waals surface area contributed by atoms with Crippen LogP contribution in [-0.2, 0) is 11.3 Å². The first-order valence-corrected chi connectivity index (χ1v) is 5.83. The number of aliphatic hydroxyl groups excluding tert-OH is 1. The second kappa shape index (κ2) is 6.35. The molecular formula is C12H18N2O5. The first-order valence-electron chi connectivity index (χ1n) is 5.83. The van der Waals surface area contributed by atoms with Crippen LogP contribution in [0.2, 0.25) is 0 Å². The summed E-state index contributed by atoms with van der Waals surface area (Å²) in [6, 6.07) is 0.312. The number of nitrogens with zero attached hydrogens (tertiary/aromatic N) is 2. The van der Waals surface area contributed by atoms with E-state index in [-0.39, 0.29) is 6.61 Å². The number of hydrogen-bond acceptors (Lipinski definition) is 5. The summed E-state index contributed by atoms with van der Waals surface area (Å²) in [6.07, 6.45) is 1.13. The predicted molar refractivity (Wildman–Crippen MR) is 68.1 cm³/mol. The second-order valence-corrected chi connectivity index (χ2v) is 4.40. The van der Waals surface area contributed by atoms with Gasteiger partial charge >= 0.3 is 5.97 Å². The molecule has 0 bridgehead atoms. The summed E-state index contributed by atoms with van der Waals surface area (Å²) in [5.74, 6) is -1.55. The molecule has 1 rings (SSSR count). The number of carbonyl (C=O) groups is 1. The topological polar surface area (TPSA) is 103 Å². The Morgan fingerprint density at radius 1 is 1.53 bits per heavy atom. The highest BCUT2D eigenvalue weighted by Gasteiger charge is 2.17. The van der Waals surface area contributed by atoms with E-state index in [0.717, 1.165) is 6.20 Å². The molecule has 3 N–H and O–H groups in total. The van der Waals surface area contributed by atoms with Crippen molar-refractivity contribution in [2.45, 2.75) is 19.5 Å². The summed E-state index contributed by atoms with van der Waals surface area (Å²) in [7, 11) is 1.74. The molecule has 0 fully saturated rings. The van der Waals surface area contributed by atoms with E-state index in [9.17, 15) is 14.7 Å². The lowest BCUT2D eigenvalue weighted by molar-refractivity contribution is -0.140. The van der Waals surface area contributed by atoms with Gasteiger partial charge < -0.3 is 19.9 Å². The van der Waals surface area contributed by atoms with E-state index in [0.29, 0.717) is 18.8 Å². The van der Waals surface area contributed by atoms with Crippen LogP contribution in [0.5, 0.6) is 5.75 Å². The first-order chi connectivity index (χ1) is 8.86. The number of aliphatic hydroxyl groups is 1. The van der Waals surface area contributed by atoms with E-state index in [2.05, 4.69) is 0 Å². The lowest BCUT2D eigenvalue weighted by atomic mass is 10.2. The normalized spacial score (nSPS) is 12.6. The molecule has 1 unspecified atom stereocenters. The molecule has 0 saturated heterocycles. The largest absolute Gasteiger partial charge is 0.503 e. The number of hydrogen-bond donors (Lipinski definition) is 3. The van der Waals surface area contributed by atoms with E-state index >= 15 is 0 Å². The summed E-state index contributed by atoms with van der Waals surface area (Å²) in [5, 5.41) is 27.3. The molecule has 0 amide bonds. The number of aliphatic carboxylic acids is 1. The van der Waals surface area contributed by atoms with Crippen LogP contribution < -0.4 is 5.43 Å². The molecule has 1 heterocycles. The molecule has 1 atom stereocenters. The van der Waals surface area contributed by atoms with Gasteiger partial charge in [0, 0.05) is 24.8 Å². The number of pyridine rings is 1. The van der Waals surface area contributed by atoms with Crippen LogP contribution in [0, 0.1) is 0 Å². The van der Waals surface area contributed by atoms with Gasteiger partial charge in [0.2, 0.25) is 5.43 Å². The van der Waals surface area contributed by atoms with Gasteiger partial charge in [-0.05, 0) is 14.0 Å². The van der Waals surface area contributed by atoms with Crippen LogP contribution in [0.1, 0.15) is 18.7 Å². The van der Waals surface area contributed by atoms with Crippen LogP contribution in [0.15, 0.2) is 17.1 Å². The zero-order valence-corrected chi connectivity index (χ0v) is 10.9. The SMILES string of the molecule is CC(C(=O)O)n1cc(O)c(=O)cc1CN(C)CCO. The molecule has 0 radical (unpaired) electrons. The van der Waals surface area contributed by atoms with Crippen molar-refractivity contribution in [1.82, 2.24) is 9.47 Å². The van der Waals surface area contributed by atoms with E-state index in [1.54, 1.807) is 11.9 Å². The van der Waals surface area contributed by atoms with Gasteiger partial charge in [-0.3, -0.25) is 9.69 Å². The van der Waals surface area contributed by atoms with E-state index in [4.69, 9.17) is 10.2 Å². The van der Waals surface area contributed by atoms with Crippen molar-refractivity contribution in [3.63, 3.8) is 0 Å². The van der Waals surface area contributed by atoms with Gasteiger partial charge in [-0.1, -0.05) is 0 Å². The van der Waals surface area contributed by atoms with Crippen LogP contribution in [0.4, 0.5) is 0 Å². The summed E-state index contributed by atoms with van der Waals surface area (Å²) < 4.78 is 1.34. The summed E-state index contributed by atoms with van der Waals surface area (Å²) in [4.78, 5) is 24.2. The maximum atomic E-state index is 11.4. The first kappa shape index (κ1) is 15.2.